The van der Waals surface area contributed by atoms with Crippen molar-refractivity contribution < 1.29 is 8.42 Å². The Morgan fingerprint density at radius 3 is 2.63 bits per heavy atom. The van der Waals surface area contributed by atoms with Crippen LogP contribution in [-0.2, 0) is 10.0 Å². The van der Waals surface area contributed by atoms with Crippen LogP contribution in [-0.4, -0.2) is 13.4 Å². The maximum Gasteiger partial charge on any atom is 0.255 e. The third-order valence-electron chi connectivity index (χ3n) is 2.25. The van der Waals surface area contributed by atoms with Crippen molar-refractivity contribution in [1.82, 2.24) is 4.98 Å². The molecule has 0 aliphatic heterocycles. The Morgan fingerprint density at radius 2 is 1.95 bits per heavy atom. The molecule has 2 aromatic rings. The van der Waals surface area contributed by atoms with Crippen LogP contribution in [0.4, 0.5) is 5.69 Å². The number of benzene rings is 1. The second kappa shape index (κ2) is 5.86. The number of aromatic nitrogens is 1. The van der Waals surface area contributed by atoms with Crippen LogP contribution in [0.1, 0.15) is 5.56 Å². The van der Waals surface area contributed by atoms with Gasteiger partial charge >= 0.3 is 0 Å². The Bertz CT molecular complexity index is 685. The highest BCUT2D eigenvalue weighted by atomic mass is 35.5. The molecule has 98 valence electrons. The molecular formula is C13H11ClN2O2S. The van der Waals surface area contributed by atoms with Crippen molar-refractivity contribution >= 4 is 33.4 Å². The van der Waals surface area contributed by atoms with E-state index < -0.39 is 10.0 Å². The molecular weight excluding hydrogens is 284 g/mol. The molecule has 4 nitrogen and oxygen atoms in total. The van der Waals surface area contributed by atoms with Gasteiger partial charge in [-0.05, 0) is 29.8 Å². The van der Waals surface area contributed by atoms with Gasteiger partial charge in [0.1, 0.15) is 0 Å². The third kappa shape index (κ3) is 4.08. The number of rotatable bonds is 4. The van der Waals surface area contributed by atoms with Gasteiger partial charge in [0.2, 0.25) is 0 Å². The van der Waals surface area contributed by atoms with Gasteiger partial charge in [0.15, 0.2) is 0 Å². The first-order chi connectivity index (χ1) is 9.07. The van der Waals surface area contributed by atoms with Crippen molar-refractivity contribution in [2.24, 2.45) is 0 Å². The van der Waals surface area contributed by atoms with Crippen molar-refractivity contribution in [3.8, 4) is 0 Å². The molecule has 0 radical (unpaired) electrons. The van der Waals surface area contributed by atoms with E-state index in [0.717, 1.165) is 5.41 Å². The number of anilines is 1. The zero-order valence-corrected chi connectivity index (χ0v) is 11.4. The van der Waals surface area contributed by atoms with Crippen molar-refractivity contribution in [3.63, 3.8) is 0 Å². The molecule has 0 amide bonds. The van der Waals surface area contributed by atoms with E-state index in [1.165, 1.54) is 12.3 Å². The Kier molecular flexibility index (Phi) is 4.19. The van der Waals surface area contributed by atoms with Gasteiger partial charge in [-0.2, -0.15) is 0 Å². The molecule has 0 aliphatic rings. The molecule has 0 saturated carbocycles. The lowest BCUT2D eigenvalue weighted by molar-refractivity contribution is 0.609. The number of sulfonamides is 1. The average Bonchev–Trinajstić information content (AvgIpc) is 2.38. The van der Waals surface area contributed by atoms with Gasteiger partial charge < -0.3 is 0 Å². The molecule has 0 saturated heterocycles. The van der Waals surface area contributed by atoms with Gasteiger partial charge in [-0.15, -0.1) is 0 Å². The van der Waals surface area contributed by atoms with E-state index in [1.807, 2.05) is 0 Å². The lowest BCUT2D eigenvalue weighted by Gasteiger charge is -2.03. The van der Waals surface area contributed by atoms with Crippen LogP contribution in [0.25, 0.3) is 6.08 Å². The van der Waals surface area contributed by atoms with Crippen molar-refractivity contribution in [2.45, 2.75) is 0 Å². The summed E-state index contributed by atoms with van der Waals surface area (Å²) in [6.45, 7) is 0. The Morgan fingerprint density at radius 1 is 1.16 bits per heavy atom. The highest BCUT2D eigenvalue weighted by Crippen LogP contribution is 2.17. The number of nitrogens with one attached hydrogen (secondary N) is 1. The second-order valence-corrected chi connectivity index (χ2v) is 5.69. The van der Waals surface area contributed by atoms with E-state index in [1.54, 1.807) is 42.6 Å². The first kappa shape index (κ1) is 13.6. The van der Waals surface area contributed by atoms with Crippen molar-refractivity contribution in [1.29, 1.82) is 0 Å². The van der Waals surface area contributed by atoms with E-state index >= 15 is 0 Å². The zero-order chi connectivity index (χ0) is 13.7. The van der Waals surface area contributed by atoms with Crippen molar-refractivity contribution in [3.05, 3.63) is 64.8 Å². The molecule has 6 heteroatoms. The molecule has 2 rings (SSSR count). The van der Waals surface area contributed by atoms with Crippen LogP contribution in [0.15, 0.2) is 54.2 Å². The molecule has 0 fully saturated rings. The first-order valence-corrected chi connectivity index (χ1v) is 7.35. The summed E-state index contributed by atoms with van der Waals surface area (Å²) in [4.78, 5) is 3.83. The molecule has 0 unspecified atom stereocenters. The molecule has 19 heavy (non-hydrogen) atoms. The summed E-state index contributed by atoms with van der Waals surface area (Å²) in [5.41, 5.74) is 1.05. The molecule has 0 atom stereocenters. The molecule has 1 aromatic carbocycles. The number of nitrogens with zero attached hydrogens (tertiary/aromatic N) is 1. The SMILES string of the molecule is O=S(=O)(/C=C/c1ccccc1Cl)Nc1cccnc1. The van der Waals surface area contributed by atoms with Crippen LogP contribution in [0.3, 0.4) is 0 Å². The topological polar surface area (TPSA) is 59.1 Å². The molecule has 0 spiro atoms. The van der Waals surface area contributed by atoms with Gasteiger partial charge in [0.05, 0.1) is 17.3 Å². The van der Waals surface area contributed by atoms with Crippen molar-refractivity contribution in [2.75, 3.05) is 4.72 Å². The lowest BCUT2D eigenvalue weighted by Crippen LogP contribution is -2.08. The molecule has 0 aliphatic carbocycles. The Labute approximate surface area is 116 Å². The Balaban J connectivity index is 2.16. The van der Waals surface area contributed by atoms with Gasteiger partial charge in [-0.25, -0.2) is 8.42 Å². The van der Waals surface area contributed by atoms with E-state index in [0.29, 0.717) is 16.3 Å². The highest BCUT2D eigenvalue weighted by Gasteiger charge is 2.05. The summed E-state index contributed by atoms with van der Waals surface area (Å²) in [6.07, 6.45) is 4.44. The van der Waals surface area contributed by atoms with E-state index in [2.05, 4.69) is 9.71 Å². The van der Waals surface area contributed by atoms with Crippen LogP contribution in [0.5, 0.6) is 0 Å². The first-order valence-electron chi connectivity index (χ1n) is 5.42. The standard InChI is InChI=1S/C13H11ClN2O2S/c14-13-6-2-1-4-11(13)7-9-19(17,18)16-12-5-3-8-15-10-12/h1-10,16H/b9-7+. The summed E-state index contributed by atoms with van der Waals surface area (Å²) in [6, 6.07) is 10.3. The quantitative estimate of drug-likeness (QED) is 0.942. The summed E-state index contributed by atoms with van der Waals surface area (Å²) in [5.74, 6) is 0. The number of hydrogen-bond donors (Lipinski definition) is 1. The normalized spacial score (nSPS) is 11.6. The smallest absolute Gasteiger partial charge is 0.255 e. The van der Waals surface area contributed by atoms with Crippen LogP contribution in [0, 0.1) is 0 Å². The minimum Gasteiger partial charge on any atom is -0.279 e. The predicted octanol–water partition coefficient (Wildman–Crippen LogP) is 3.15. The van der Waals surface area contributed by atoms with Gasteiger partial charge in [0, 0.05) is 11.2 Å². The summed E-state index contributed by atoms with van der Waals surface area (Å²) in [5, 5.41) is 1.57. The van der Waals surface area contributed by atoms with E-state index in [-0.39, 0.29) is 0 Å². The minimum atomic E-state index is -3.58. The minimum absolute atomic E-state index is 0.409. The maximum absolute atomic E-state index is 11.8. The van der Waals surface area contributed by atoms with Crippen LogP contribution < -0.4 is 4.72 Å². The lowest BCUT2D eigenvalue weighted by atomic mass is 10.2. The zero-order valence-electron chi connectivity index (χ0n) is 9.82. The van der Waals surface area contributed by atoms with E-state index in [9.17, 15) is 8.42 Å². The molecule has 0 bridgehead atoms. The number of halogens is 1. The van der Waals surface area contributed by atoms with Gasteiger partial charge in [-0.1, -0.05) is 29.8 Å². The fourth-order valence-electron chi connectivity index (χ4n) is 1.39. The Hall–Kier alpha value is -1.85. The third-order valence-corrected chi connectivity index (χ3v) is 3.61. The number of pyridine rings is 1. The fraction of sp³-hybridized carbons (Fsp3) is 0. The predicted molar refractivity (Wildman–Crippen MR) is 77.3 cm³/mol. The largest absolute Gasteiger partial charge is 0.279 e. The fourth-order valence-corrected chi connectivity index (χ4v) is 2.44. The van der Waals surface area contributed by atoms with Gasteiger partial charge in [-0.3, -0.25) is 9.71 Å². The molecule has 1 aromatic heterocycles. The maximum atomic E-state index is 11.8. The molecule has 1 heterocycles. The van der Waals surface area contributed by atoms with Crippen LogP contribution >= 0.6 is 11.6 Å². The molecule has 1 N–H and O–H groups in total. The average molecular weight is 295 g/mol. The summed E-state index contributed by atoms with van der Waals surface area (Å²) >= 11 is 5.94. The van der Waals surface area contributed by atoms with Crippen LogP contribution in [0.2, 0.25) is 5.02 Å². The summed E-state index contributed by atoms with van der Waals surface area (Å²) in [7, 11) is -3.58. The monoisotopic (exact) mass is 294 g/mol. The van der Waals surface area contributed by atoms with E-state index in [4.69, 9.17) is 11.6 Å². The summed E-state index contributed by atoms with van der Waals surface area (Å²) < 4.78 is 26.0. The van der Waals surface area contributed by atoms with Gasteiger partial charge in [0.25, 0.3) is 10.0 Å². The number of hydrogen-bond acceptors (Lipinski definition) is 3. The second-order valence-electron chi connectivity index (χ2n) is 3.71. The highest BCUT2D eigenvalue weighted by molar-refractivity contribution is 7.95.